The maximum absolute atomic E-state index is 12.1. The van der Waals surface area contributed by atoms with Crippen molar-refractivity contribution < 1.29 is 19.5 Å². The van der Waals surface area contributed by atoms with Crippen molar-refractivity contribution in [3.05, 3.63) is 0 Å². The van der Waals surface area contributed by atoms with Crippen molar-refractivity contribution >= 4 is 17.9 Å². The Morgan fingerprint density at radius 2 is 2.10 bits per heavy atom. The van der Waals surface area contributed by atoms with Crippen LogP contribution in [0.25, 0.3) is 0 Å². The molecule has 21 heavy (non-hydrogen) atoms. The lowest BCUT2D eigenvalue weighted by Crippen LogP contribution is -2.43. The van der Waals surface area contributed by atoms with Crippen molar-refractivity contribution in [3.8, 4) is 0 Å². The van der Waals surface area contributed by atoms with Gasteiger partial charge in [-0.25, -0.2) is 4.79 Å². The van der Waals surface area contributed by atoms with Crippen molar-refractivity contribution in [1.29, 1.82) is 0 Å². The van der Waals surface area contributed by atoms with E-state index in [-0.39, 0.29) is 24.3 Å². The molecule has 1 fully saturated rings. The van der Waals surface area contributed by atoms with Gasteiger partial charge in [-0.15, -0.1) is 0 Å². The molecule has 1 atom stereocenters. The Labute approximate surface area is 125 Å². The number of aliphatic carboxylic acids is 1. The number of urea groups is 1. The Bertz CT molecular complexity index is 384. The third-order valence-corrected chi connectivity index (χ3v) is 3.41. The van der Waals surface area contributed by atoms with Crippen LogP contribution >= 0.6 is 0 Å². The van der Waals surface area contributed by atoms with Crippen molar-refractivity contribution in [2.45, 2.75) is 33.1 Å². The van der Waals surface area contributed by atoms with Gasteiger partial charge in [0.05, 0.1) is 0 Å². The molecule has 1 heterocycles. The number of carbonyl (C=O) groups excluding carboxylic acids is 2. The molecule has 0 spiro atoms. The van der Waals surface area contributed by atoms with Gasteiger partial charge in [-0.1, -0.05) is 13.8 Å². The van der Waals surface area contributed by atoms with Gasteiger partial charge in [0, 0.05) is 39.0 Å². The van der Waals surface area contributed by atoms with Crippen LogP contribution in [0.2, 0.25) is 0 Å². The van der Waals surface area contributed by atoms with Crippen molar-refractivity contribution in [3.63, 3.8) is 0 Å². The van der Waals surface area contributed by atoms with E-state index in [1.807, 2.05) is 13.8 Å². The van der Waals surface area contributed by atoms with E-state index in [9.17, 15) is 14.4 Å². The number of carbonyl (C=O) groups is 3. The van der Waals surface area contributed by atoms with Crippen LogP contribution in [-0.2, 0) is 9.59 Å². The monoisotopic (exact) mass is 299 g/mol. The lowest BCUT2D eigenvalue weighted by Gasteiger charge is -2.23. The molecular weight excluding hydrogens is 274 g/mol. The molecule has 0 radical (unpaired) electrons. The Morgan fingerprint density at radius 3 is 2.71 bits per heavy atom. The number of amides is 3. The first kappa shape index (κ1) is 17.3. The molecule has 120 valence electrons. The summed E-state index contributed by atoms with van der Waals surface area (Å²) < 4.78 is 0. The Kier molecular flexibility index (Phi) is 6.98. The number of carboxylic acid groups (broad SMARTS) is 1. The molecule has 0 aromatic carbocycles. The van der Waals surface area contributed by atoms with Crippen molar-refractivity contribution in [2.75, 3.05) is 26.2 Å². The summed E-state index contributed by atoms with van der Waals surface area (Å²) in [6, 6.07) is -0.231. The normalized spacial score (nSPS) is 17.1. The molecular formula is C14H25N3O4. The van der Waals surface area contributed by atoms with Gasteiger partial charge < -0.3 is 20.6 Å². The largest absolute Gasteiger partial charge is 0.481 e. The van der Waals surface area contributed by atoms with Crippen LogP contribution in [-0.4, -0.2) is 54.1 Å². The highest BCUT2D eigenvalue weighted by molar-refractivity contribution is 5.79. The zero-order chi connectivity index (χ0) is 15.8. The highest BCUT2D eigenvalue weighted by Gasteiger charge is 2.20. The van der Waals surface area contributed by atoms with Crippen LogP contribution in [0.3, 0.4) is 0 Å². The quantitative estimate of drug-likeness (QED) is 0.671. The fourth-order valence-corrected chi connectivity index (χ4v) is 2.47. The molecule has 7 heteroatoms. The summed E-state index contributed by atoms with van der Waals surface area (Å²) in [5, 5.41) is 14.4. The molecule has 1 aliphatic rings. The second-order valence-corrected chi connectivity index (χ2v) is 5.87. The smallest absolute Gasteiger partial charge is 0.317 e. The second-order valence-electron chi connectivity index (χ2n) is 5.87. The fourth-order valence-electron chi connectivity index (χ4n) is 2.47. The summed E-state index contributed by atoms with van der Waals surface area (Å²) in [7, 11) is 0. The summed E-state index contributed by atoms with van der Waals surface area (Å²) in [4.78, 5) is 35.7. The standard InChI is InChI=1S/C14H25N3O4/c1-10(2)7-11(8-13(19)20)9-16-14(21)17-5-3-12(18)15-4-6-17/h10-11H,3-9H2,1-2H3,(H,15,18)(H,16,21)(H,19,20)/t11-/m0/s1. The third kappa shape index (κ3) is 6.97. The molecule has 0 aromatic heterocycles. The van der Waals surface area contributed by atoms with E-state index in [0.29, 0.717) is 38.5 Å². The molecule has 0 aromatic rings. The number of rotatable bonds is 6. The maximum Gasteiger partial charge on any atom is 0.317 e. The Hall–Kier alpha value is -1.79. The van der Waals surface area contributed by atoms with Gasteiger partial charge in [-0.05, 0) is 18.3 Å². The molecule has 0 bridgehead atoms. The zero-order valence-corrected chi connectivity index (χ0v) is 12.7. The van der Waals surface area contributed by atoms with Crippen LogP contribution in [0.15, 0.2) is 0 Å². The van der Waals surface area contributed by atoms with E-state index in [4.69, 9.17) is 5.11 Å². The number of carboxylic acids is 1. The topological polar surface area (TPSA) is 98.7 Å². The summed E-state index contributed by atoms with van der Waals surface area (Å²) in [6.07, 6.45) is 1.11. The molecule has 3 amide bonds. The van der Waals surface area contributed by atoms with Crippen molar-refractivity contribution in [1.82, 2.24) is 15.5 Å². The summed E-state index contributed by atoms with van der Waals surface area (Å²) in [6.45, 7) is 5.74. The first-order valence-electron chi connectivity index (χ1n) is 7.39. The van der Waals surface area contributed by atoms with Crippen molar-refractivity contribution in [2.24, 2.45) is 11.8 Å². The van der Waals surface area contributed by atoms with Crippen LogP contribution in [0.1, 0.15) is 33.1 Å². The third-order valence-electron chi connectivity index (χ3n) is 3.41. The molecule has 0 saturated carbocycles. The summed E-state index contributed by atoms with van der Waals surface area (Å²) >= 11 is 0. The van der Waals surface area contributed by atoms with E-state index in [0.717, 1.165) is 6.42 Å². The minimum absolute atomic E-state index is 0.0474. The van der Waals surface area contributed by atoms with Gasteiger partial charge in [0.25, 0.3) is 0 Å². The second kappa shape index (κ2) is 8.49. The number of hydrogen-bond acceptors (Lipinski definition) is 3. The SMILES string of the molecule is CC(C)C[C@H](CNC(=O)N1CCNC(=O)CC1)CC(=O)O. The van der Waals surface area contributed by atoms with Crippen LogP contribution in [0.5, 0.6) is 0 Å². The molecule has 1 saturated heterocycles. The zero-order valence-electron chi connectivity index (χ0n) is 12.7. The minimum Gasteiger partial charge on any atom is -0.481 e. The molecule has 3 N–H and O–H groups in total. The maximum atomic E-state index is 12.1. The molecule has 1 rings (SSSR count). The molecule has 0 unspecified atom stereocenters. The van der Waals surface area contributed by atoms with Gasteiger partial charge in [-0.2, -0.15) is 0 Å². The first-order valence-corrected chi connectivity index (χ1v) is 7.39. The van der Waals surface area contributed by atoms with Gasteiger partial charge in [-0.3, -0.25) is 9.59 Å². The minimum atomic E-state index is -0.848. The van der Waals surface area contributed by atoms with Gasteiger partial charge in [0.15, 0.2) is 0 Å². The summed E-state index contributed by atoms with van der Waals surface area (Å²) in [5.41, 5.74) is 0. The molecule has 7 nitrogen and oxygen atoms in total. The predicted molar refractivity (Wildman–Crippen MR) is 77.8 cm³/mol. The lowest BCUT2D eigenvalue weighted by atomic mass is 9.94. The van der Waals surface area contributed by atoms with Gasteiger partial charge >= 0.3 is 12.0 Å². The highest BCUT2D eigenvalue weighted by atomic mass is 16.4. The van der Waals surface area contributed by atoms with Crippen LogP contribution in [0, 0.1) is 11.8 Å². The Balaban J connectivity index is 2.44. The highest BCUT2D eigenvalue weighted by Crippen LogP contribution is 2.14. The van der Waals surface area contributed by atoms with E-state index in [1.54, 1.807) is 4.90 Å². The molecule has 0 aliphatic carbocycles. The van der Waals surface area contributed by atoms with E-state index in [2.05, 4.69) is 10.6 Å². The van der Waals surface area contributed by atoms with Gasteiger partial charge in [0.1, 0.15) is 0 Å². The van der Waals surface area contributed by atoms with Gasteiger partial charge in [0.2, 0.25) is 5.91 Å². The first-order chi connectivity index (χ1) is 9.88. The Morgan fingerprint density at radius 1 is 1.38 bits per heavy atom. The average Bonchev–Trinajstić information content (AvgIpc) is 2.59. The van der Waals surface area contributed by atoms with Crippen LogP contribution in [0.4, 0.5) is 4.79 Å². The van der Waals surface area contributed by atoms with E-state index in [1.165, 1.54) is 0 Å². The number of hydrogen-bond donors (Lipinski definition) is 3. The summed E-state index contributed by atoms with van der Waals surface area (Å²) in [5.74, 6) is -0.585. The average molecular weight is 299 g/mol. The van der Waals surface area contributed by atoms with Crippen LogP contribution < -0.4 is 10.6 Å². The lowest BCUT2D eigenvalue weighted by molar-refractivity contribution is -0.138. The number of nitrogens with zero attached hydrogens (tertiary/aromatic N) is 1. The predicted octanol–water partition coefficient (Wildman–Crippen LogP) is 0.655. The van der Waals surface area contributed by atoms with E-state index < -0.39 is 5.97 Å². The fraction of sp³-hybridized carbons (Fsp3) is 0.786. The van der Waals surface area contributed by atoms with E-state index >= 15 is 0 Å². The number of nitrogens with one attached hydrogen (secondary N) is 2. The molecule has 1 aliphatic heterocycles.